The summed E-state index contributed by atoms with van der Waals surface area (Å²) in [6.07, 6.45) is 4.68. The van der Waals surface area contributed by atoms with Crippen molar-refractivity contribution in [2.45, 2.75) is 53.0 Å². The van der Waals surface area contributed by atoms with E-state index in [1.54, 1.807) is 11.0 Å². The third kappa shape index (κ3) is 3.08. The molecule has 0 radical (unpaired) electrons. The molecule has 1 fully saturated rings. The third-order valence-corrected chi connectivity index (χ3v) is 5.62. The van der Waals surface area contributed by atoms with E-state index in [1.165, 1.54) is 18.9 Å². The summed E-state index contributed by atoms with van der Waals surface area (Å²) in [6, 6.07) is 2.99. The van der Waals surface area contributed by atoms with E-state index in [9.17, 15) is 14.3 Å². The number of halogens is 1. The molecule has 23 heavy (non-hydrogen) atoms. The highest BCUT2D eigenvalue weighted by Gasteiger charge is 2.35. The van der Waals surface area contributed by atoms with Gasteiger partial charge in [0, 0.05) is 13.1 Å². The molecule has 0 atom stereocenters. The third-order valence-electron chi connectivity index (χ3n) is 5.62. The van der Waals surface area contributed by atoms with Crippen LogP contribution in [0, 0.1) is 23.1 Å². The topological polar surface area (TPSA) is 40.5 Å². The number of carbonyl (C=O) groups is 1. The van der Waals surface area contributed by atoms with Crippen LogP contribution in [-0.2, 0) is 6.54 Å². The van der Waals surface area contributed by atoms with Crippen molar-refractivity contribution < 1.29 is 14.3 Å². The molecule has 126 valence electrons. The first-order chi connectivity index (χ1) is 10.8. The second-order valence-electron chi connectivity index (χ2n) is 8.20. The van der Waals surface area contributed by atoms with E-state index in [1.807, 2.05) is 0 Å². The van der Waals surface area contributed by atoms with Crippen LogP contribution in [0.25, 0.3) is 0 Å². The number of hydrogen-bond acceptors (Lipinski definition) is 2. The van der Waals surface area contributed by atoms with Gasteiger partial charge >= 0.3 is 0 Å². The average Bonchev–Trinajstić information content (AvgIpc) is 2.80. The molecule has 4 heteroatoms. The SMILES string of the molecule is CC(C)(C)C1CCC(CN2Cc3ccc(O)c(F)c3C2=O)CC1. The van der Waals surface area contributed by atoms with Crippen molar-refractivity contribution in [3.8, 4) is 5.75 Å². The number of amides is 1. The van der Waals surface area contributed by atoms with Gasteiger partial charge < -0.3 is 10.0 Å². The van der Waals surface area contributed by atoms with Crippen LogP contribution < -0.4 is 0 Å². The first-order valence-corrected chi connectivity index (χ1v) is 8.57. The predicted octanol–water partition coefficient (Wildman–Crippen LogP) is 4.34. The first kappa shape index (κ1) is 16.3. The second kappa shape index (κ2) is 5.81. The number of benzene rings is 1. The van der Waals surface area contributed by atoms with E-state index in [0.717, 1.165) is 18.8 Å². The lowest BCUT2D eigenvalue weighted by Crippen LogP contribution is -2.34. The normalized spacial score (nSPS) is 24.9. The summed E-state index contributed by atoms with van der Waals surface area (Å²) in [5.74, 6) is -0.231. The van der Waals surface area contributed by atoms with Crippen LogP contribution in [-0.4, -0.2) is 22.5 Å². The molecule has 1 amide bonds. The van der Waals surface area contributed by atoms with Crippen molar-refractivity contribution in [3.63, 3.8) is 0 Å². The molecule has 3 rings (SSSR count). The molecule has 1 aliphatic carbocycles. The molecule has 0 saturated heterocycles. The van der Waals surface area contributed by atoms with Crippen LogP contribution in [0.5, 0.6) is 5.75 Å². The summed E-state index contributed by atoms with van der Waals surface area (Å²) in [5.41, 5.74) is 1.10. The number of nitrogens with zero attached hydrogens (tertiary/aromatic N) is 1. The van der Waals surface area contributed by atoms with Gasteiger partial charge in [0.05, 0.1) is 5.56 Å². The predicted molar refractivity (Wildman–Crippen MR) is 87.7 cm³/mol. The summed E-state index contributed by atoms with van der Waals surface area (Å²) >= 11 is 0. The molecule has 1 saturated carbocycles. The van der Waals surface area contributed by atoms with Gasteiger partial charge in [0.15, 0.2) is 11.6 Å². The molecule has 3 nitrogen and oxygen atoms in total. The van der Waals surface area contributed by atoms with Crippen LogP contribution in [0.2, 0.25) is 0 Å². The van der Waals surface area contributed by atoms with E-state index in [0.29, 0.717) is 30.0 Å². The molecular formula is C19H26FNO2. The van der Waals surface area contributed by atoms with Crippen molar-refractivity contribution in [2.24, 2.45) is 17.3 Å². The maximum Gasteiger partial charge on any atom is 0.257 e. The Morgan fingerprint density at radius 3 is 2.48 bits per heavy atom. The van der Waals surface area contributed by atoms with E-state index in [-0.39, 0.29) is 11.5 Å². The fraction of sp³-hybridized carbons (Fsp3) is 0.632. The first-order valence-electron chi connectivity index (χ1n) is 8.57. The highest BCUT2D eigenvalue weighted by atomic mass is 19.1. The van der Waals surface area contributed by atoms with Crippen molar-refractivity contribution in [1.29, 1.82) is 0 Å². The monoisotopic (exact) mass is 319 g/mol. The average molecular weight is 319 g/mol. The minimum atomic E-state index is -0.772. The molecule has 0 spiro atoms. The summed E-state index contributed by atoms with van der Waals surface area (Å²) in [4.78, 5) is 14.2. The number of fused-ring (bicyclic) bond motifs is 1. The maximum atomic E-state index is 14.0. The molecule has 2 aliphatic rings. The fourth-order valence-electron chi connectivity index (χ4n) is 4.07. The Hall–Kier alpha value is -1.58. The van der Waals surface area contributed by atoms with Gasteiger partial charge in [-0.2, -0.15) is 0 Å². The number of phenols is 1. The minimum absolute atomic E-state index is 0.0633. The quantitative estimate of drug-likeness (QED) is 0.881. The molecule has 1 heterocycles. The number of carbonyl (C=O) groups excluding carboxylic acids is 1. The Balaban J connectivity index is 1.63. The lowest BCUT2D eigenvalue weighted by molar-refractivity contribution is 0.0700. The molecule has 0 unspecified atom stereocenters. The lowest BCUT2D eigenvalue weighted by Gasteiger charge is -2.38. The van der Waals surface area contributed by atoms with Crippen LogP contribution in [0.15, 0.2) is 12.1 Å². The van der Waals surface area contributed by atoms with Gasteiger partial charge in [-0.1, -0.05) is 26.8 Å². The largest absolute Gasteiger partial charge is 0.505 e. The molecular weight excluding hydrogens is 293 g/mol. The zero-order valence-electron chi connectivity index (χ0n) is 14.2. The van der Waals surface area contributed by atoms with Gasteiger partial charge in [-0.3, -0.25) is 4.79 Å². The Bertz CT molecular complexity index is 613. The highest BCUT2D eigenvalue weighted by Crippen LogP contribution is 2.40. The fourth-order valence-corrected chi connectivity index (χ4v) is 4.07. The number of rotatable bonds is 2. The molecule has 1 aromatic carbocycles. The van der Waals surface area contributed by atoms with E-state index in [2.05, 4.69) is 20.8 Å². The molecule has 1 aliphatic heterocycles. The summed E-state index contributed by atoms with van der Waals surface area (Å²) in [6.45, 7) is 8.06. The maximum absolute atomic E-state index is 14.0. The van der Waals surface area contributed by atoms with Crippen molar-refractivity contribution in [1.82, 2.24) is 4.90 Å². The van der Waals surface area contributed by atoms with E-state index < -0.39 is 11.6 Å². The second-order valence-corrected chi connectivity index (χ2v) is 8.20. The Morgan fingerprint density at radius 2 is 1.87 bits per heavy atom. The number of phenolic OH excluding ortho intramolecular Hbond substituents is 1. The zero-order chi connectivity index (χ0) is 16.8. The Kier molecular flexibility index (Phi) is 4.11. The number of hydrogen-bond donors (Lipinski definition) is 1. The van der Waals surface area contributed by atoms with Crippen LogP contribution >= 0.6 is 0 Å². The van der Waals surface area contributed by atoms with Crippen LogP contribution in [0.4, 0.5) is 4.39 Å². The van der Waals surface area contributed by atoms with Crippen LogP contribution in [0.3, 0.4) is 0 Å². The van der Waals surface area contributed by atoms with E-state index in [4.69, 9.17) is 0 Å². The summed E-state index contributed by atoms with van der Waals surface area (Å²) in [5, 5.41) is 9.47. The summed E-state index contributed by atoms with van der Waals surface area (Å²) < 4.78 is 14.0. The minimum Gasteiger partial charge on any atom is -0.505 e. The molecule has 1 aromatic rings. The van der Waals surface area contributed by atoms with Gasteiger partial charge in [0.25, 0.3) is 5.91 Å². The van der Waals surface area contributed by atoms with Crippen molar-refractivity contribution >= 4 is 5.91 Å². The Labute approximate surface area is 137 Å². The van der Waals surface area contributed by atoms with Crippen molar-refractivity contribution in [2.75, 3.05) is 6.54 Å². The number of aromatic hydroxyl groups is 1. The van der Waals surface area contributed by atoms with Gasteiger partial charge in [-0.25, -0.2) is 4.39 Å². The lowest BCUT2D eigenvalue weighted by atomic mass is 9.70. The van der Waals surface area contributed by atoms with Gasteiger partial charge in [0.1, 0.15) is 0 Å². The van der Waals surface area contributed by atoms with Gasteiger partial charge in [0.2, 0.25) is 0 Å². The Morgan fingerprint density at radius 1 is 1.22 bits per heavy atom. The molecule has 1 N–H and O–H groups in total. The van der Waals surface area contributed by atoms with Crippen molar-refractivity contribution in [3.05, 3.63) is 29.1 Å². The van der Waals surface area contributed by atoms with E-state index >= 15 is 0 Å². The standard InChI is InChI=1S/C19H26FNO2/c1-19(2,3)14-7-4-12(5-8-14)10-21-11-13-6-9-15(22)17(20)16(13)18(21)23/h6,9,12,14,22H,4-5,7-8,10-11H2,1-3H3. The van der Waals surface area contributed by atoms with Gasteiger partial charge in [-0.05, 0) is 54.6 Å². The summed E-state index contributed by atoms with van der Waals surface area (Å²) in [7, 11) is 0. The zero-order valence-corrected chi connectivity index (χ0v) is 14.2. The smallest absolute Gasteiger partial charge is 0.257 e. The highest BCUT2D eigenvalue weighted by molar-refractivity contribution is 5.99. The van der Waals surface area contributed by atoms with Gasteiger partial charge in [-0.15, -0.1) is 0 Å². The molecule has 0 aromatic heterocycles. The van der Waals surface area contributed by atoms with Crippen LogP contribution in [0.1, 0.15) is 62.4 Å². The molecule has 0 bridgehead atoms.